The molecule has 0 radical (unpaired) electrons. The molecule has 1 amide bonds. The second-order valence-corrected chi connectivity index (χ2v) is 6.24. The zero-order valence-corrected chi connectivity index (χ0v) is 13.4. The summed E-state index contributed by atoms with van der Waals surface area (Å²) in [5.41, 5.74) is 2.68. The van der Waals surface area contributed by atoms with Crippen LogP contribution in [0.5, 0.6) is 0 Å². The first-order valence-corrected chi connectivity index (χ1v) is 7.37. The topological polar surface area (TPSA) is 29.1 Å². The second kappa shape index (κ2) is 6.31. The van der Waals surface area contributed by atoms with Crippen LogP contribution >= 0.6 is 11.6 Å². The normalized spacial score (nSPS) is 11.2. The third-order valence-corrected chi connectivity index (χ3v) is 3.96. The lowest BCUT2D eigenvalue weighted by atomic mass is 9.83. The highest BCUT2D eigenvalue weighted by Crippen LogP contribution is 2.25. The van der Waals surface area contributed by atoms with Crippen molar-refractivity contribution in [2.24, 2.45) is 0 Å². The lowest BCUT2D eigenvalue weighted by Gasteiger charge is -2.24. The summed E-state index contributed by atoms with van der Waals surface area (Å²) < 4.78 is 0. The standard InChI is InChI=1S/C18H20ClNO/c1-13-4-6-14(7-5-13)12-20-17(21)18(2,3)15-8-10-16(19)11-9-15/h4-11H,12H2,1-3H3,(H,20,21). The van der Waals surface area contributed by atoms with Gasteiger partial charge < -0.3 is 5.32 Å². The van der Waals surface area contributed by atoms with Crippen molar-refractivity contribution in [3.63, 3.8) is 0 Å². The van der Waals surface area contributed by atoms with Crippen molar-refractivity contribution in [3.05, 3.63) is 70.2 Å². The van der Waals surface area contributed by atoms with E-state index in [0.717, 1.165) is 11.1 Å². The Balaban J connectivity index is 2.04. The first-order valence-electron chi connectivity index (χ1n) is 6.99. The molecule has 3 heteroatoms. The van der Waals surface area contributed by atoms with Crippen LogP contribution in [0.25, 0.3) is 0 Å². The molecule has 1 N–H and O–H groups in total. The molecular weight excluding hydrogens is 282 g/mol. The molecule has 0 bridgehead atoms. The van der Waals surface area contributed by atoms with E-state index >= 15 is 0 Å². The molecule has 0 aliphatic heterocycles. The summed E-state index contributed by atoms with van der Waals surface area (Å²) in [4.78, 5) is 12.4. The van der Waals surface area contributed by atoms with E-state index in [1.165, 1.54) is 5.56 Å². The van der Waals surface area contributed by atoms with Gasteiger partial charge in [-0.3, -0.25) is 4.79 Å². The van der Waals surface area contributed by atoms with Crippen LogP contribution in [0.15, 0.2) is 48.5 Å². The molecular formula is C18H20ClNO. The van der Waals surface area contributed by atoms with Gasteiger partial charge in [-0.2, -0.15) is 0 Å². The van der Waals surface area contributed by atoms with Gasteiger partial charge in [-0.25, -0.2) is 0 Å². The predicted molar refractivity (Wildman–Crippen MR) is 87.5 cm³/mol. The Bertz CT molecular complexity index is 615. The van der Waals surface area contributed by atoms with Gasteiger partial charge in [0.2, 0.25) is 5.91 Å². The molecule has 0 heterocycles. The second-order valence-electron chi connectivity index (χ2n) is 5.80. The van der Waals surface area contributed by atoms with Crippen LogP contribution in [0.1, 0.15) is 30.5 Å². The molecule has 2 rings (SSSR count). The maximum absolute atomic E-state index is 12.4. The number of carbonyl (C=O) groups is 1. The quantitative estimate of drug-likeness (QED) is 0.899. The van der Waals surface area contributed by atoms with Gasteiger partial charge >= 0.3 is 0 Å². The highest BCUT2D eigenvalue weighted by Gasteiger charge is 2.29. The van der Waals surface area contributed by atoms with E-state index in [9.17, 15) is 4.79 Å². The molecule has 0 unspecified atom stereocenters. The third kappa shape index (κ3) is 3.85. The molecule has 0 aliphatic carbocycles. The molecule has 0 aliphatic rings. The fourth-order valence-corrected chi connectivity index (χ4v) is 2.23. The molecule has 0 saturated carbocycles. The van der Waals surface area contributed by atoms with Crippen molar-refractivity contribution >= 4 is 17.5 Å². The van der Waals surface area contributed by atoms with Crippen LogP contribution in [0.3, 0.4) is 0 Å². The number of hydrogen-bond acceptors (Lipinski definition) is 1. The van der Waals surface area contributed by atoms with Gasteiger partial charge in [0.15, 0.2) is 0 Å². The molecule has 0 aromatic heterocycles. The minimum atomic E-state index is -0.588. The van der Waals surface area contributed by atoms with Crippen LogP contribution in [-0.2, 0) is 16.8 Å². The fraction of sp³-hybridized carbons (Fsp3) is 0.278. The van der Waals surface area contributed by atoms with E-state index in [0.29, 0.717) is 11.6 Å². The van der Waals surface area contributed by atoms with E-state index in [2.05, 4.69) is 5.32 Å². The molecule has 0 fully saturated rings. The maximum atomic E-state index is 12.4. The van der Waals surface area contributed by atoms with Crippen molar-refractivity contribution in [2.75, 3.05) is 0 Å². The van der Waals surface area contributed by atoms with Gasteiger partial charge in [-0.1, -0.05) is 53.6 Å². The monoisotopic (exact) mass is 301 g/mol. The molecule has 21 heavy (non-hydrogen) atoms. The number of rotatable bonds is 4. The van der Waals surface area contributed by atoms with Gasteiger partial charge in [0, 0.05) is 11.6 Å². The number of aryl methyl sites for hydroxylation is 1. The van der Waals surface area contributed by atoms with Crippen molar-refractivity contribution in [1.29, 1.82) is 0 Å². The van der Waals surface area contributed by atoms with E-state index in [1.807, 2.05) is 69.3 Å². The number of benzene rings is 2. The van der Waals surface area contributed by atoms with Crippen molar-refractivity contribution < 1.29 is 4.79 Å². The van der Waals surface area contributed by atoms with Crippen molar-refractivity contribution in [1.82, 2.24) is 5.32 Å². The molecule has 2 aromatic rings. The molecule has 2 nitrogen and oxygen atoms in total. The van der Waals surface area contributed by atoms with Crippen LogP contribution in [0, 0.1) is 6.92 Å². The predicted octanol–water partition coefficient (Wildman–Crippen LogP) is 4.24. The summed E-state index contributed by atoms with van der Waals surface area (Å²) in [6.07, 6.45) is 0. The van der Waals surface area contributed by atoms with E-state index in [-0.39, 0.29) is 5.91 Å². The highest BCUT2D eigenvalue weighted by atomic mass is 35.5. The smallest absolute Gasteiger partial charge is 0.230 e. The molecule has 0 spiro atoms. The average Bonchev–Trinajstić information content (AvgIpc) is 2.46. The molecule has 0 saturated heterocycles. The Kier molecular flexibility index (Phi) is 4.69. The molecule has 110 valence electrons. The first kappa shape index (κ1) is 15.6. The number of hydrogen-bond donors (Lipinski definition) is 1. The first-order chi connectivity index (χ1) is 9.89. The SMILES string of the molecule is Cc1ccc(CNC(=O)C(C)(C)c2ccc(Cl)cc2)cc1. The molecule has 0 atom stereocenters. The van der Waals surface area contributed by atoms with Crippen LogP contribution in [0.2, 0.25) is 5.02 Å². The van der Waals surface area contributed by atoms with Gasteiger partial charge in [0.25, 0.3) is 0 Å². The Morgan fingerprint density at radius 3 is 2.19 bits per heavy atom. The Morgan fingerprint density at radius 1 is 1.05 bits per heavy atom. The number of amides is 1. The maximum Gasteiger partial charge on any atom is 0.230 e. The Hall–Kier alpha value is -1.80. The zero-order valence-electron chi connectivity index (χ0n) is 12.6. The zero-order chi connectivity index (χ0) is 15.5. The number of nitrogens with one attached hydrogen (secondary N) is 1. The number of halogens is 1. The van der Waals surface area contributed by atoms with E-state index in [1.54, 1.807) is 0 Å². The van der Waals surface area contributed by atoms with Gasteiger partial charge in [-0.15, -0.1) is 0 Å². The van der Waals surface area contributed by atoms with Crippen LogP contribution < -0.4 is 5.32 Å². The van der Waals surface area contributed by atoms with Gasteiger partial charge in [-0.05, 0) is 44.0 Å². The number of carbonyl (C=O) groups excluding carboxylic acids is 1. The summed E-state index contributed by atoms with van der Waals surface area (Å²) in [6, 6.07) is 15.6. The highest BCUT2D eigenvalue weighted by molar-refractivity contribution is 6.30. The third-order valence-electron chi connectivity index (χ3n) is 3.71. The van der Waals surface area contributed by atoms with Gasteiger partial charge in [0.1, 0.15) is 0 Å². The summed E-state index contributed by atoms with van der Waals surface area (Å²) in [7, 11) is 0. The van der Waals surface area contributed by atoms with E-state index in [4.69, 9.17) is 11.6 Å². The Labute approximate surface area is 131 Å². The summed E-state index contributed by atoms with van der Waals surface area (Å²) in [6.45, 7) is 6.42. The van der Waals surface area contributed by atoms with Crippen molar-refractivity contribution in [3.8, 4) is 0 Å². The fourth-order valence-electron chi connectivity index (χ4n) is 2.11. The van der Waals surface area contributed by atoms with E-state index < -0.39 is 5.41 Å². The minimum Gasteiger partial charge on any atom is -0.351 e. The largest absolute Gasteiger partial charge is 0.351 e. The molecule has 2 aromatic carbocycles. The van der Waals surface area contributed by atoms with Crippen LogP contribution in [-0.4, -0.2) is 5.91 Å². The van der Waals surface area contributed by atoms with Crippen LogP contribution in [0.4, 0.5) is 0 Å². The summed E-state index contributed by atoms with van der Waals surface area (Å²) in [5.74, 6) is 0.00500. The Morgan fingerprint density at radius 2 is 1.62 bits per heavy atom. The minimum absolute atomic E-state index is 0.00500. The summed E-state index contributed by atoms with van der Waals surface area (Å²) in [5, 5.41) is 3.68. The van der Waals surface area contributed by atoms with Gasteiger partial charge in [0.05, 0.1) is 5.41 Å². The lowest BCUT2D eigenvalue weighted by molar-refractivity contribution is -0.125. The van der Waals surface area contributed by atoms with Crippen molar-refractivity contribution in [2.45, 2.75) is 32.7 Å². The lowest BCUT2D eigenvalue weighted by Crippen LogP contribution is -2.39. The summed E-state index contributed by atoms with van der Waals surface area (Å²) >= 11 is 5.89. The average molecular weight is 302 g/mol.